The lowest BCUT2D eigenvalue weighted by Gasteiger charge is -2.31. The van der Waals surface area contributed by atoms with Crippen molar-refractivity contribution >= 4 is 23.4 Å². The third kappa shape index (κ3) is 7.67. The van der Waals surface area contributed by atoms with Gasteiger partial charge in [-0.15, -0.1) is 0 Å². The second-order valence-corrected chi connectivity index (χ2v) is 8.28. The molecule has 1 atom stereocenters. The third-order valence-electron chi connectivity index (χ3n) is 5.59. The lowest BCUT2D eigenvalue weighted by Crippen LogP contribution is -2.49. The van der Waals surface area contributed by atoms with Crippen molar-refractivity contribution in [1.82, 2.24) is 10.2 Å². The van der Waals surface area contributed by atoms with Crippen LogP contribution < -0.4 is 14.8 Å². The number of carbonyl (C=O) groups is 2. The van der Waals surface area contributed by atoms with Crippen LogP contribution in [0.2, 0.25) is 5.02 Å². The molecule has 7 heteroatoms. The number of benzene rings is 2. The van der Waals surface area contributed by atoms with Crippen molar-refractivity contribution in [1.29, 1.82) is 0 Å². The number of carbonyl (C=O) groups excluding carboxylic acids is 2. The zero-order chi connectivity index (χ0) is 24.2. The van der Waals surface area contributed by atoms with Crippen LogP contribution >= 0.6 is 11.6 Å². The maximum atomic E-state index is 13.4. The van der Waals surface area contributed by atoms with Gasteiger partial charge in [0.15, 0.2) is 11.5 Å². The van der Waals surface area contributed by atoms with E-state index in [0.717, 1.165) is 24.0 Å². The van der Waals surface area contributed by atoms with Crippen LogP contribution in [0.3, 0.4) is 0 Å². The van der Waals surface area contributed by atoms with Gasteiger partial charge in [-0.3, -0.25) is 9.59 Å². The second kappa shape index (κ2) is 13.7. The fraction of sp³-hybridized carbons (Fsp3) is 0.462. The Hall–Kier alpha value is -2.73. The van der Waals surface area contributed by atoms with Crippen molar-refractivity contribution in [2.75, 3.05) is 20.8 Å². The maximum absolute atomic E-state index is 13.4. The van der Waals surface area contributed by atoms with E-state index in [0.29, 0.717) is 35.9 Å². The van der Waals surface area contributed by atoms with Gasteiger partial charge < -0.3 is 19.7 Å². The zero-order valence-electron chi connectivity index (χ0n) is 20.0. The summed E-state index contributed by atoms with van der Waals surface area (Å²) in [5.41, 5.74) is 1.78. The molecule has 0 radical (unpaired) electrons. The summed E-state index contributed by atoms with van der Waals surface area (Å²) in [5.74, 6) is 1.04. The Balaban J connectivity index is 2.21. The molecule has 0 heterocycles. The van der Waals surface area contributed by atoms with Gasteiger partial charge in [-0.05, 0) is 48.6 Å². The predicted molar refractivity (Wildman–Crippen MR) is 132 cm³/mol. The molecule has 0 unspecified atom stereocenters. The van der Waals surface area contributed by atoms with Gasteiger partial charge in [0, 0.05) is 24.5 Å². The van der Waals surface area contributed by atoms with Crippen LogP contribution in [0.25, 0.3) is 0 Å². The molecule has 2 aromatic carbocycles. The Morgan fingerprint density at radius 2 is 1.79 bits per heavy atom. The predicted octanol–water partition coefficient (Wildman–Crippen LogP) is 5.01. The lowest BCUT2D eigenvalue weighted by molar-refractivity contribution is -0.141. The third-order valence-corrected chi connectivity index (χ3v) is 5.96. The molecule has 0 aliphatic rings. The number of unbranched alkanes of at least 4 members (excludes halogenated alkanes) is 1. The molecule has 0 saturated heterocycles. The SMILES string of the molecule is CCCCNC(=O)[C@H](CC)N(Cc1ccccc1Cl)C(=O)CCc1ccc(OC)c(OC)c1. The van der Waals surface area contributed by atoms with Gasteiger partial charge in [-0.1, -0.05) is 56.1 Å². The molecule has 0 aliphatic carbocycles. The highest BCUT2D eigenvalue weighted by Gasteiger charge is 2.28. The van der Waals surface area contributed by atoms with Crippen molar-refractivity contribution in [3.63, 3.8) is 0 Å². The van der Waals surface area contributed by atoms with Crippen molar-refractivity contribution in [3.8, 4) is 11.5 Å². The first-order valence-corrected chi connectivity index (χ1v) is 11.8. The first kappa shape index (κ1) is 26.5. The molecule has 33 heavy (non-hydrogen) atoms. The van der Waals surface area contributed by atoms with Crippen molar-refractivity contribution in [2.45, 2.75) is 58.5 Å². The number of nitrogens with zero attached hydrogens (tertiary/aromatic N) is 1. The minimum atomic E-state index is -0.559. The highest BCUT2D eigenvalue weighted by atomic mass is 35.5. The van der Waals surface area contributed by atoms with Gasteiger partial charge in [-0.25, -0.2) is 0 Å². The summed E-state index contributed by atoms with van der Waals surface area (Å²) in [4.78, 5) is 28.0. The number of hydrogen-bond acceptors (Lipinski definition) is 4. The molecule has 0 fully saturated rings. The van der Waals surface area contributed by atoms with Gasteiger partial charge >= 0.3 is 0 Å². The molecule has 1 N–H and O–H groups in total. The molecule has 0 saturated carbocycles. The normalized spacial score (nSPS) is 11.5. The minimum Gasteiger partial charge on any atom is -0.493 e. The fourth-order valence-electron chi connectivity index (χ4n) is 3.67. The number of rotatable bonds is 13. The Bertz CT molecular complexity index is 919. The van der Waals surface area contributed by atoms with Crippen LogP contribution in [0, 0.1) is 0 Å². The van der Waals surface area contributed by atoms with Crippen LogP contribution in [0.4, 0.5) is 0 Å². The number of aryl methyl sites for hydroxylation is 1. The minimum absolute atomic E-state index is 0.0952. The van der Waals surface area contributed by atoms with Crippen LogP contribution in [-0.4, -0.2) is 43.5 Å². The topological polar surface area (TPSA) is 67.9 Å². The molecule has 2 rings (SSSR count). The number of ether oxygens (including phenoxy) is 2. The molecule has 0 aromatic heterocycles. The molecule has 2 amide bonds. The average Bonchev–Trinajstić information content (AvgIpc) is 2.83. The van der Waals surface area contributed by atoms with E-state index in [-0.39, 0.29) is 24.8 Å². The van der Waals surface area contributed by atoms with Crippen LogP contribution in [0.5, 0.6) is 11.5 Å². The molecule has 0 bridgehead atoms. The molecular formula is C26H35ClN2O4. The number of methoxy groups -OCH3 is 2. The maximum Gasteiger partial charge on any atom is 0.242 e. The molecular weight excluding hydrogens is 440 g/mol. The van der Waals surface area contributed by atoms with E-state index in [2.05, 4.69) is 12.2 Å². The van der Waals surface area contributed by atoms with Crippen molar-refractivity contribution in [3.05, 3.63) is 58.6 Å². The summed E-state index contributed by atoms with van der Waals surface area (Å²) >= 11 is 6.37. The molecule has 180 valence electrons. The van der Waals surface area contributed by atoms with E-state index in [9.17, 15) is 9.59 Å². The molecule has 0 spiro atoms. The number of nitrogens with one attached hydrogen (secondary N) is 1. The summed E-state index contributed by atoms with van der Waals surface area (Å²) in [6.45, 7) is 4.88. The van der Waals surface area contributed by atoms with E-state index in [1.807, 2.05) is 43.3 Å². The Morgan fingerprint density at radius 3 is 2.42 bits per heavy atom. The quantitative estimate of drug-likeness (QED) is 0.414. The Kier molecular flexibility index (Phi) is 11.0. The molecule has 6 nitrogen and oxygen atoms in total. The second-order valence-electron chi connectivity index (χ2n) is 7.87. The highest BCUT2D eigenvalue weighted by molar-refractivity contribution is 6.31. The van der Waals surface area contributed by atoms with Gasteiger partial charge in [0.25, 0.3) is 0 Å². The average molecular weight is 475 g/mol. The smallest absolute Gasteiger partial charge is 0.242 e. The van der Waals surface area contributed by atoms with E-state index >= 15 is 0 Å². The highest BCUT2D eigenvalue weighted by Crippen LogP contribution is 2.28. The van der Waals surface area contributed by atoms with Gasteiger partial charge in [0.2, 0.25) is 11.8 Å². The summed E-state index contributed by atoms with van der Waals surface area (Å²) in [7, 11) is 3.17. The summed E-state index contributed by atoms with van der Waals surface area (Å²) in [5, 5.41) is 3.56. The molecule has 2 aromatic rings. The summed E-state index contributed by atoms with van der Waals surface area (Å²) in [6.07, 6.45) is 3.19. The van der Waals surface area contributed by atoms with Gasteiger partial charge in [0.1, 0.15) is 6.04 Å². The summed E-state index contributed by atoms with van der Waals surface area (Å²) in [6, 6.07) is 12.5. The van der Waals surface area contributed by atoms with Gasteiger partial charge in [0.05, 0.1) is 14.2 Å². The van der Waals surface area contributed by atoms with E-state index in [1.54, 1.807) is 25.2 Å². The zero-order valence-corrected chi connectivity index (χ0v) is 20.8. The first-order chi connectivity index (χ1) is 15.9. The first-order valence-electron chi connectivity index (χ1n) is 11.5. The summed E-state index contributed by atoms with van der Waals surface area (Å²) < 4.78 is 10.7. The van der Waals surface area contributed by atoms with E-state index < -0.39 is 6.04 Å². The lowest BCUT2D eigenvalue weighted by atomic mass is 10.1. The molecule has 0 aliphatic heterocycles. The number of hydrogen-bond donors (Lipinski definition) is 1. The van der Waals surface area contributed by atoms with Gasteiger partial charge in [-0.2, -0.15) is 0 Å². The number of halogens is 1. The standard InChI is InChI=1S/C26H35ClN2O4/c1-5-7-16-28-26(31)22(6-2)29(18-20-10-8-9-11-21(20)27)25(30)15-13-19-12-14-23(32-3)24(17-19)33-4/h8-12,14,17,22H,5-7,13,15-16,18H2,1-4H3,(H,28,31)/t22-/m0/s1. The number of amides is 2. The van der Waals surface area contributed by atoms with E-state index in [1.165, 1.54) is 0 Å². The largest absolute Gasteiger partial charge is 0.493 e. The Labute approximate surface area is 202 Å². The van der Waals surface area contributed by atoms with Crippen LogP contribution in [0.1, 0.15) is 50.7 Å². The van der Waals surface area contributed by atoms with Crippen molar-refractivity contribution < 1.29 is 19.1 Å². The van der Waals surface area contributed by atoms with Crippen LogP contribution in [0.15, 0.2) is 42.5 Å². The van der Waals surface area contributed by atoms with E-state index in [4.69, 9.17) is 21.1 Å². The van der Waals surface area contributed by atoms with Crippen LogP contribution in [-0.2, 0) is 22.6 Å². The fourth-order valence-corrected chi connectivity index (χ4v) is 3.86. The van der Waals surface area contributed by atoms with Crippen molar-refractivity contribution in [2.24, 2.45) is 0 Å². The monoisotopic (exact) mass is 474 g/mol. The Morgan fingerprint density at radius 1 is 1.06 bits per heavy atom.